The molecule has 2 fully saturated rings. The monoisotopic (exact) mass is 242 g/mol. The SMILES string of the molecule is c1cc2cn[nH]c2cc1CN[C@H]1CN2CC[C@@H]1C2. The highest BCUT2D eigenvalue weighted by atomic mass is 15.2. The van der Waals surface area contributed by atoms with Crippen molar-refractivity contribution in [3.05, 3.63) is 30.0 Å². The second-order valence-corrected chi connectivity index (χ2v) is 5.59. The van der Waals surface area contributed by atoms with Crippen molar-refractivity contribution < 1.29 is 0 Å². The second-order valence-electron chi connectivity index (χ2n) is 5.59. The van der Waals surface area contributed by atoms with Crippen molar-refractivity contribution in [1.82, 2.24) is 20.4 Å². The molecule has 2 aliphatic rings. The smallest absolute Gasteiger partial charge is 0.0653 e. The average Bonchev–Trinajstić information content (AvgIpc) is 3.11. The zero-order chi connectivity index (χ0) is 11.9. The largest absolute Gasteiger partial charge is 0.308 e. The molecule has 2 aromatic rings. The summed E-state index contributed by atoms with van der Waals surface area (Å²) in [5.41, 5.74) is 2.47. The standard InChI is InChI=1S/C14H18N4/c1-2-11-7-16-17-13(11)5-10(1)6-15-14-9-18-4-3-12(14)8-18/h1-2,5,7,12,14-15H,3-4,6,8-9H2,(H,16,17)/t12-,14+/m1/s1. The molecule has 1 unspecified atom stereocenters. The topological polar surface area (TPSA) is 44.0 Å². The van der Waals surface area contributed by atoms with Crippen LogP contribution in [0.15, 0.2) is 24.4 Å². The van der Waals surface area contributed by atoms with E-state index < -0.39 is 0 Å². The molecule has 4 nitrogen and oxygen atoms in total. The lowest BCUT2D eigenvalue weighted by Crippen LogP contribution is -2.39. The Bertz CT molecular complexity index is 562. The van der Waals surface area contributed by atoms with Crippen molar-refractivity contribution in [2.24, 2.45) is 5.92 Å². The zero-order valence-corrected chi connectivity index (χ0v) is 10.4. The summed E-state index contributed by atoms with van der Waals surface area (Å²) in [4.78, 5) is 2.57. The van der Waals surface area contributed by atoms with Crippen LogP contribution in [0, 0.1) is 5.92 Å². The van der Waals surface area contributed by atoms with Crippen LogP contribution in [0.4, 0.5) is 0 Å². The molecule has 1 aromatic heterocycles. The number of nitrogens with zero attached hydrogens (tertiary/aromatic N) is 2. The minimum absolute atomic E-state index is 0.691. The highest BCUT2D eigenvalue weighted by Gasteiger charge is 2.37. The van der Waals surface area contributed by atoms with E-state index in [1.807, 2.05) is 6.20 Å². The number of nitrogens with one attached hydrogen (secondary N) is 2. The lowest BCUT2D eigenvalue weighted by atomic mass is 10.00. The Kier molecular flexibility index (Phi) is 2.38. The first kappa shape index (κ1) is 10.5. The number of H-pyrrole nitrogens is 1. The van der Waals surface area contributed by atoms with Crippen LogP contribution in [0.5, 0.6) is 0 Å². The lowest BCUT2D eigenvalue weighted by molar-refractivity contribution is 0.315. The molecule has 2 saturated heterocycles. The summed E-state index contributed by atoms with van der Waals surface area (Å²) in [5.74, 6) is 0.876. The van der Waals surface area contributed by atoms with E-state index in [9.17, 15) is 0 Å². The summed E-state index contributed by atoms with van der Waals surface area (Å²) in [6, 6.07) is 7.22. The van der Waals surface area contributed by atoms with Crippen molar-refractivity contribution >= 4 is 10.9 Å². The number of hydrogen-bond acceptors (Lipinski definition) is 3. The van der Waals surface area contributed by atoms with Gasteiger partial charge in [0.05, 0.1) is 11.7 Å². The van der Waals surface area contributed by atoms with Crippen LogP contribution >= 0.6 is 0 Å². The van der Waals surface area contributed by atoms with Gasteiger partial charge in [0.15, 0.2) is 0 Å². The van der Waals surface area contributed by atoms with E-state index in [2.05, 4.69) is 38.6 Å². The number of hydrogen-bond donors (Lipinski definition) is 2. The van der Waals surface area contributed by atoms with Crippen LogP contribution < -0.4 is 5.32 Å². The molecule has 1 aromatic carbocycles. The number of rotatable bonds is 3. The molecule has 94 valence electrons. The maximum atomic E-state index is 4.06. The van der Waals surface area contributed by atoms with Gasteiger partial charge in [-0.2, -0.15) is 5.10 Å². The molecule has 0 saturated carbocycles. The summed E-state index contributed by atoms with van der Waals surface area (Å²) in [7, 11) is 0. The second kappa shape index (κ2) is 4.07. The lowest BCUT2D eigenvalue weighted by Gasteiger charge is -2.23. The summed E-state index contributed by atoms with van der Waals surface area (Å²) in [6.45, 7) is 4.81. The van der Waals surface area contributed by atoms with Crippen molar-refractivity contribution in [1.29, 1.82) is 0 Å². The van der Waals surface area contributed by atoms with Gasteiger partial charge in [-0.25, -0.2) is 0 Å². The van der Waals surface area contributed by atoms with E-state index in [0.717, 1.165) is 18.0 Å². The highest BCUT2D eigenvalue weighted by molar-refractivity contribution is 5.78. The van der Waals surface area contributed by atoms with Gasteiger partial charge in [0.1, 0.15) is 0 Å². The first-order valence-corrected chi connectivity index (χ1v) is 6.76. The molecule has 18 heavy (non-hydrogen) atoms. The third kappa shape index (κ3) is 1.72. The number of aromatic nitrogens is 2. The van der Waals surface area contributed by atoms with Crippen LogP contribution in [-0.4, -0.2) is 40.8 Å². The van der Waals surface area contributed by atoms with E-state index in [1.54, 1.807) is 0 Å². The molecule has 2 aliphatic heterocycles. The first-order valence-electron chi connectivity index (χ1n) is 6.76. The third-order valence-corrected chi connectivity index (χ3v) is 4.41. The van der Waals surface area contributed by atoms with Gasteiger partial charge in [-0.1, -0.05) is 12.1 Å². The van der Waals surface area contributed by atoms with Crippen LogP contribution in [0.25, 0.3) is 10.9 Å². The summed E-state index contributed by atoms with van der Waals surface area (Å²) in [6.07, 6.45) is 3.24. The third-order valence-electron chi connectivity index (χ3n) is 4.41. The fourth-order valence-electron chi connectivity index (χ4n) is 3.36. The van der Waals surface area contributed by atoms with Crippen molar-refractivity contribution in [3.8, 4) is 0 Å². The minimum atomic E-state index is 0.691. The fourth-order valence-corrected chi connectivity index (χ4v) is 3.36. The number of benzene rings is 1. The summed E-state index contributed by atoms with van der Waals surface area (Å²) >= 11 is 0. The number of piperidine rings is 1. The predicted molar refractivity (Wildman–Crippen MR) is 71.3 cm³/mol. The average molecular weight is 242 g/mol. The van der Waals surface area contributed by atoms with Crippen molar-refractivity contribution in [3.63, 3.8) is 0 Å². The van der Waals surface area contributed by atoms with Crippen LogP contribution in [0.3, 0.4) is 0 Å². The van der Waals surface area contributed by atoms with E-state index in [4.69, 9.17) is 0 Å². The van der Waals surface area contributed by atoms with Crippen LogP contribution in [-0.2, 0) is 6.54 Å². The molecule has 0 spiro atoms. The molecule has 3 atom stereocenters. The quantitative estimate of drug-likeness (QED) is 0.854. The molecule has 0 amide bonds. The molecule has 0 radical (unpaired) electrons. The van der Waals surface area contributed by atoms with E-state index in [0.29, 0.717) is 6.04 Å². The van der Waals surface area contributed by atoms with E-state index >= 15 is 0 Å². The van der Waals surface area contributed by atoms with Crippen molar-refractivity contribution in [2.45, 2.75) is 19.0 Å². The van der Waals surface area contributed by atoms with Gasteiger partial charge in [0.25, 0.3) is 0 Å². The maximum absolute atomic E-state index is 4.06. The molecular formula is C14H18N4. The molecule has 4 heteroatoms. The summed E-state index contributed by atoms with van der Waals surface area (Å²) < 4.78 is 0. The van der Waals surface area contributed by atoms with Gasteiger partial charge in [-0.3, -0.25) is 5.10 Å². The first-order chi connectivity index (χ1) is 8.88. The highest BCUT2D eigenvalue weighted by Crippen LogP contribution is 2.27. The molecule has 2 N–H and O–H groups in total. The Hall–Kier alpha value is -1.39. The Morgan fingerprint density at radius 1 is 1.39 bits per heavy atom. The van der Waals surface area contributed by atoms with Gasteiger partial charge in [-0.15, -0.1) is 0 Å². The Morgan fingerprint density at radius 2 is 2.39 bits per heavy atom. The maximum Gasteiger partial charge on any atom is 0.0653 e. The molecule has 0 aliphatic carbocycles. The zero-order valence-electron chi connectivity index (χ0n) is 10.4. The van der Waals surface area contributed by atoms with E-state index in [-0.39, 0.29) is 0 Å². The van der Waals surface area contributed by atoms with E-state index in [1.165, 1.54) is 37.0 Å². The summed E-state index contributed by atoms with van der Waals surface area (Å²) in [5, 5.41) is 12.0. The normalized spacial score (nSPS) is 30.3. The molecular weight excluding hydrogens is 224 g/mol. The van der Waals surface area contributed by atoms with Crippen LogP contribution in [0.2, 0.25) is 0 Å². The number of fused-ring (bicyclic) bond motifs is 3. The molecule has 2 bridgehead atoms. The Balaban J connectivity index is 1.45. The Morgan fingerprint density at radius 3 is 3.22 bits per heavy atom. The van der Waals surface area contributed by atoms with Gasteiger partial charge >= 0.3 is 0 Å². The number of aromatic amines is 1. The minimum Gasteiger partial charge on any atom is -0.308 e. The molecule has 3 heterocycles. The van der Waals surface area contributed by atoms with Gasteiger partial charge in [-0.05, 0) is 30.5 Å². The van der Waals surface area contributed by atoms with Gasteiger partial charge in [0.2, 0.25) is 0 Å². The predicted octanol–water partition coefficient (Wildman–Crippen LogP) is 1.36. The van der Waals surface area contributed by atoms with Crippen LogP contribution in [0.1, 0.15) is 12.0 Å². The fraction of sp³-hybridized carbons (Fsp3) is 0.500. The molecule has 4 rings (SSSR count). The van der Waals surface area contributed by atoms with Gasteiger partial charge < -0.3 is 10.2 Å². The van der Waals surface area contributed by atoms with Gasteiger partial charge in [0, 0.05) is 31.1 Å². The van der Waals surface area contributed by atoms with Crippen molar-refractivity contribution in [2.75, 3.05) is 19.6 Å². The Labute approximate surface area is 106 Å².